The van der Waals surface area contributed by atoms with E-state index in [-0.39, 0.29) is 5.97 Å². The zero-order valence-corrected chi connectivity index (χ0v) is 12.3. The van der Waals surface area contributed by atoms with Gasteiger partial charge in [0, 0.05) is 11.1 Å². The molecular weight excluding hydrogens is 264 g/mol. The summed E-state index contributed by atoms with van der Waals surface area (Å²) >= 11 is 0. The lowest BCUT2D eigenvalue weighted by atomic mass is 9.82. The maximum atomic E-state index is 12.2. The number of benzene rings is 2. The third kappa shape index (κ3) is 2.09. The standard InChI is InChI=1S/C18H18O3/c1-3-12-18(13-8-10-14(20-2)11-9-13)16-7-5-4-6-15(16)17(19)21-18/h4-11H,3,12H2,1-2H3. The van der Waals surface area contributed by atoms with Crippen molar-refractivity contribution in [1.82, 2.24) is 0 Å². The molecule has 21 heavy (non-hydrogen) atoms. The SMILES string of the molecule is CCCC1(c2ccc(OC)cc2)OC(=O)c2ccccc21. The molecular formula is C18H18O3. The fourth-order valence-corrected chi connectivity index (χ4v) is 3.04. The van der Waals surface area contributed by atoms with Crippen LogP contribution in [0.15, 0.2) is 48.5 Å². The van der Waals surface area contributed by atoms with Crippen LogP contribution < -0.4 is 4.74 Å². The molecule has 3 nitrogen and oxygen atoms in total. The molecule has 0 N–H and O–H groups in total. The van der Waals surface area contributed by atoms with Gasteiger partial charge < -0.3 is 9.47 Å². The van der Waals surface area contributed by atoms with Crippen molar-refractivity contribution in [2.75, 3.05) is 7.11 Å². The van der Waals surface area contributed by atoms with Crippen LogP contribution >= 0.6 is 0 Å². The van der Waals surface area contributed by atoms with E-state index in [2.05, 4.69) is 6.92 Å². The van der Waals surface area contributed by atoms with Crippen LogP contribution in [-0.4, -0.2) is 13.1 Å². The summed E-state index contributed by atoms with van der Waals surface area (Å²) < 4.78 is 11.0. The second kappa shape index (κ2) is 5.24. The van der Waals surface area contributed by atoms with E-state index in [0.717, 1.165) is 29.7 Å². The van der Waals surface area contributed by atoms with Crippen molar-refractivity contribution in [3.05, 3.63) is 65.2 Å². The molecule has 108 valence electrons. The zero-order valence-electron chi connectivity index (χ0n) is 12.3. The third-order valence-corrected chi connectivity index (χ3v) is 4.01. The van der Waals surface area contributed by atoms with E-state index in [0.29, 0.717) is 5.56 Å². The van der Waals surface area contributed by atoms with Gasteiger partial charge in [-0.1, -0.05) is 43.7 Å². The number of ether oxygens (including phenoxy) is 2. The maximum Gasteiger partial charge on any atom is 0.339 e. The Bertz CT molecular complexity index is 660. The summed E-state index contributed by atoms with van der Waals surface area (Å²) in [7, 11) is 1.64. The van der Waals surface area contributed by atoms with Crippen LogP contribution in [0.3, 0.4) is 0 Å². The Morgan fingerprint density at radius 1 is 1.10 bits per heavy atom. The molecule has 0 bridgehead atoms. The summed E-state index contributed by atoms with van der Waals surface area (Å²) in [5.74, 6) is 0.554. The molecule has 1 atom stereocenters. The molecule has 2 aromatic rings. The van der Waals surface area contributed by atoms with Gasteiger partial charge in [0.1, 0.15) is 5.75 Å². The van der Waals surface area contributed by atoms with Gasteiger partial charge in [0.15, 0.2) is 5.60 Å². The molecule has 0 fully saturated rings. The van der Waals surface area contributed by atoms with Gasteiger partial charge in [0.25, 0.3) is 0 Å². The van der Waals surface area contributed by atoms with Gasteiger partial charge in [-0.3, -0.25) is 0 Å². The van der Waals surface area contributed by atoms with Crippen molar-refractivity contribution in [3.8, 4) is 5.75 Å². The van der Waals surface area contributed by atoms with Gasteiger partial charge in [-0.15, -0.1) is 0 Å². The van der Waals surface area contributed by atoms with Crippen LogP contribution in [0.2, 0.25) is 0 Å². The summed E-state index contributed by atoms with van der Waals surface area (Å²) in [6, 6.07) is 15.4. The minimum Gasteiger partial charge on any atom is -0.497 e. The molecule has 0 saturated heterocycles. The maximum absolute atomic E-state index is 12.2. The van der Waals surface area contributed by atoms with Gasteiger partial charge in [-0.05, 0) is 24.6 Å². The topological polar surface area (TPSA) is 35.5 Å². The number of carbonyl (C=O) groups excluding carboxylic acids is 1. The van der Waals surface area contributed by atoms with Crippen molar-refractivity contribution < 1.29 is 14.3 Å². The molecule has 0 aliphatic carbocycles. The molecule has 1 unspecified atom stereocenters. The zero-order chi connectivity index (χ0) is 14.9. The van der Waals surface area contributed by atoms with E-state index in [4.69, 9.17) is 9.47 Å². The summed E-state index contributed by atoms with van der Waals surface area (Å²) in [5, 5.41) is 0. The van der Waals surface area contributed by atoms with E-state index < -0.39 is 5.60 Å². The highest BCUT2D eigenvalue weighted by Gasteiger charge is 2.45. The summed E-state index contributed by atoms with van der Waals surface area (Å²) in [4.78, 5) is 12.2. The van der Waals surface area contributed by atoms with Crippen molar-refractivity contribution in [2.24, 2.45) is 0 Å². The highest BCUT2D eigenvalue weighted by atomic mass is 16.6. The number of hydrogen-bond acceptors (Lipinski definition) is 3. The molecule has 0 aromatic heterocycles. The predicted molar refractivity (Wildman–Crippen MR) is 80.5 cm³/mol. The first kappa shape index (κ1) is 13.7. The number of hydrogen-bond donors (Lipinski definition) is 0. The van der Waals surface area contributed by atoms with Crippen molar-refractivity contribution in [1.29, 1.82) is 0 Å². The molecule has 1 aliphatic heterocycles. The van der Waals surface area contributed by atoms with Crippen LogP contribution in [0.25, 0.3) is 0 Å². The van der Waals surface area contributed by atoms with Gasteiger partial charge >= 0.3 is 5.97 Å². The van der Waals surface area contributed by atoms with Crippen molar-refractivity contribution in [3.63, 3.8) is 0 Å². The Labute approximate surface area is 124 Å². The number of rotatable bonds is 4. The monoisotopic (exact) mass is 282 g/mol. The Morgan fingerprint density at radius 2 is 1.81 bits per heavy atom. The molecule has 2 aromatic carbocycles. The first-order chi connectivity index (χ1) is 10.2. The second-order valence-electron chi connectivity index (χ2n) is 5.24. The van der Waals surface area contributed by atoms with Gasteiger partial charge in [0.05, 0.1) is 12.7 Å². The summed E-state index contributed by atoms with van der Waals surface area (Å²) in [6.45, 7) is 2.10. The summed E-state index contributed by atoms with van der Waals surface area (Å²) in [5.41, 5.74) is 1.95. The minimum atomic E-state index is -0.672. The lowest BCUT2D eigenvalue weighted by Crippen LogP contribution is -2.27. The van der Waals surface area contributed by atoms with Crippen molar-refractivity contribution >= 4 is 5.97 Å². The van der Waals surface area contributed by atoms with Crippen LogP contribution in [-0.2, 0) is 10.3 Å². The minimum absolute atomic E-state index is 0.241. The molecule has 0 radical (unpaired) electrons. The number of carbonyl (C=O) groups is 1. The number of methoxy groups -OCH3 is 1. The molecule has 1 heterocycles. The molecule has 1 aliphatic rings. The fourth-order valence-electron chi connectivity index (χ4n) is 3.04. The number of esters is 1. The lowest BCUT2D eigenvalue weighted by molar-refractivity contribution is 0.00694. The number of cyclic esters (lactones) is 1. The lowest BCUT2D eigenvalue weighted by Gasteiger charge is -2.29. The van der Waals surface area contributed by atoms with E-state index in [1.165, 1.54) is 0 Å². The molecule has 0 saturated carbocycles. The van der Waals surface area contributed by atoms with E-state index in [1.807, 2.05) is 48.5 Å². The second-order valence-corrected chi connectivity index (χ2v) is 5.24. The highest BCUT2D eigenvalue weighted by Crippen LogP contribution is 2.45. The number of fused-ring (bicyclic) bond motifs is 1. The van der Waals surface area contributed by atoms with Crippen LogP contribution in [0.1, 0.15) is 41.3 Å². The molecule has 3 heteroatoms. The van der Waals surface area contributed by atoms with E-state index in [9.17, 15) is 4.79 Å². The van der Waals surface area contributed by atoms with E-state index >= 15 is 0 Å². The smallest absolute Gasteiger partial charge is 0.339 e. The Balaban J connectivity index is 2.15. The van der Waals surface area contributed by atoms with Crippen LogP contribution in [0.4, 0.5) is 0 Å². The summed E-state index contributed by atoms with van der Waals surface area (Å²) in [6.07, 6.45) is 1.69. The Kier molecular flexibility index (Phi) is 3.42. The van der Waals surface area contributed by atoms with Gasteiger partial charge in [-0.25, -0.2) is 4.79 Å². The average Bonchev–Trinajstić information content (AvgIpc) is 2.82. The first-order valence-corrected chi connectivity index (χ1v) is 7.18. The largest absolute Gasteiger partial charge is 0.497 e. The Hall–Kier alpha value is -2.29. The molecule has 0 spiro atoms. The van der Waals surface area contributed by atoms with Crippen molar-refractivity contribution in [2.45, 2.75) is 25.4 Å². The highest BCUT2D eigenvalue weighted by molar-refractivity contribution is 5.95. The Morgan fingerprint density at radius 3 is 2.48 bits per heavy atom. The quantitative estimate of drug-likeness (QED) is 0.798. The molecule has 3 rings (SSSR count). The van der Waals surface area contributed by atoms with Crippen LogP contribution in [0, 0.1) is 0 Å². The van der Waals surface area contributed by atoms with Gasteiger partial charge in [-0.2, -0.15) is 0 Å². The fraction of sp³-hybridized carbons (Fsp3) is 0.278. The molecule has 0 amide bonds. The van der Waals surface area contributed by atoms with Gasteiger partial charge in [0.2, 0.25) is 0 Å². The average molecular weight is 282 g/mol. The predicted octanol–water partition coefficient (Wildman–Crippen LogP) is 3.91. The van der Waals surface area contributed by atoms with E-state index in [1.54, 1.807) is 7.11 Å². The third-order valence-electron chi connectivity index (χ3n) is 4.01. The van der Waals surface area contributed by atoms with Crippen LogP contribution in [0.5, 0.6) is 5.75 Å². The normalized spacial score (nSPS) is 20.0. The first-order valence-electron chi connectivity index (χ1n) is 7.18.